The molecule has 2 aromatic rings. The van der Waals surface area contributed by atoms with Crippen LogP contribution in [0, 0.1) is 17.5 Å². The topological polar surface area (TPSA) is 73.7 Å². The summed E-state index contributed by atoms with van der Waals surface area (Å²) >= 11 is 0. The Balaban J connectivity index is 1.81. The van der Waals surface area contributed by atoms with Crippen molar-refractivity contribution >= 4 is 15.6 Å². The third-order valence-electron chi connectivity index (χ3n) is 5.71. The molecule has 0 saturated carbocycles. The monoisotopic (exact) mass is 459 g/mol. The van der Waals surface area contributed by atoms with Gasteiger partial charge in [-0.1, -0.05) is 18.7 Å². The summed E-state index contributed by atoms with van der Waals surface area (Å²) in [5.41, 5.74) is 1.28. The second-order valence-corrected chi connectivity index (χ2v) is 10.4. The Bertz CT molecular complexity index is 1090. The first-order chi connectivity index (χ1) is 15.1. The molecule has 1 aliphatic heterocycles. The Labute approximate surface area is 189 Å². The highest BCUT2D eigenvalue weighted by Crippen LogP contribution is 2.27. The van der Waals surface area contributed by atoms with E-state index >= 15 is 0 Å². The van der Waals surface area contributed by atoms with Crippen molar-refractivity contribution < 1.29 is 18.1 Å². The number of nitrogens with one attached hydrogen (secondary N) is 1. The van der Waals surface area contributed by atoms with Crippen LogP contribution in [0.5, 0.6) is 5.75 Å². The lowest BCUT2D eigenvalue weighted by Crippen LogP contribution is -2.54. The molecule has 0 aliphatic carbocycles. The molecule has 2 aromatic carbocycles. The Hall–Kier alpha value is -2.71. The molecular weight excluding hydrogens is 429 g/mol. The van der Waals surface area contributed by atoms with Gasteiger partial charge in [0.25, 0.3) is 0 Å². The number of rotatable bonds is 7. The number of benzene rings is 2. The minimum atomic E-state index is -2.81. The van der Waals surface area contributed by atoms with Crippen LogP contribution in [0.25, 0.3) is 0 Å². The zero-order chi connectivity index (χ0) is 23.5. The van der Waals surface area contributed by atoms with Gasteiger partial charge in [-0.05, 0) is 61.4 Å². The molecule has 1 N–H and O–H groups in total. The van der Waals surface area contributed by atoms with E-state index in [1.165, 1.54) is 18.4 Å². The van der Waals surface area contributed by atoms with Gasteiger partial charge in [-0.3, -0.25) is 9.69 Å². The molecule has 3 atom stereocenters. The van der Waals surface area contributed by atoms with E-state index in [1.54, 1.807) is 42.2 Å². The molecule has 172 valence electrons. The fourth-order valence-electron chi connectivity index (χ4n) is 3.84. The number of carbonyl (C=O) groups is 1. The van der Waals surface area contributed by atoms with Gasteiger partial charge in [0.05, 0.1) is 9.73 Å². The molecule has 0 radical (unpaired) electrons. The summed E-state index contributed by atoms with van der Waals surface area (Å²) in [6, 6.07) is 11.7. The molecule has 1 aliphatic rings. The SMILES string of the molecule is C=CC(=O)N1CCN(C[C@@H](Oc2ccc([S@](C)(=N)=O)cc2)c2ccc(C)c(F)c2)C[C@H]1C. The zero-order valence-corrected chi connectivity index (χ0v) is 19.5. The van der Waals surface area contributed by atoms with E-state index in [4.69, 9.17) is 9.52 Å². The molecule has 0 bridgehead atoms. The highest BCUT2D eigenvalue weighted by Gasteiger charge is 2.28. The predicted molar refractivity (Wildman–Crippen MR) is 124 cm³/mol. The van der Waals surface area contributed by atoms with Crippen molar-refractivity contribution in [3.05, 3.63) is 72.1 Å². The Morgan fingerprint density at radius 1 is 1.31 bits per heavy atom. The number of amides is 1. The van der Waals surface area contributed by atoms with Crippen LogP contribution in [-0.2, 0) is 14.5 Å². The summed E-state index contributed by atoms with van der Waals surface area (Å²) in [4.78, 5) is 16.5. The molecule has 1 saturated heterocycles. The smallest absolute Gasteiger partial charge is 0.246 e. The minimum Gasteiger partial charge on any atom is -0.484 e. The number of halogens is 1. The maximum absolute atomic E-state index is 14.3. The number of carbonyl (C=O) groups excluding carboxylic acids is 1. The Morgan fingerprint density at radius 2 is 2.00 bits per heavy atom. The summed E-state index contributed by atoms with van der Waals surface area (Å²) < 4.78 is 40.2. The van der Waals surface area contributed by atoms with Gasteiger partial charge in [0.1, 0.15) is 17.7 Å². The van der Waals surface area contributed by atoms with Crippen molar-refractivity contribution in [2.75, 3.05) is 32.4 Å². The minimum absolute atomic E-state index is 0.0266. The second-order valence-electron chi connectivity index (χ2n) is 8.27. The van der Waals surface area contributed by atoms with Crippen LogP contribution in [0.15, 0.2) is 60.0 Å². The standard InChI is InChI=1S/C24H30FN3O3S/c1-5-24(29)28-13-12-27(15-18(28)3)16-23(19-7-6-17(2)22(25)14-19)31-20-8-10-21(11-9-20)32(4,26)30/h5-11,14,18,23,26H,1,12-13,15-16H2,2-4H3/t18-,23-,32-/m1/s1. The Morgan fingerprint density at radius 3 is 2.56 bits per heavy atom. The quantitative estimate of drug-likeness (QED) is 0.635. The first kappa shape index (κ1) is 23.9. The predicted octanol–water partition coefficient (Wildman–Crippen LogP) is 4.01. The molecule has 3 rings (SSSR count). The number of aryl methyl sites for hydroxylation is 1. The molecule has 6 nitrogen and oxygen atoms in total. The van der Waals surface area contributed by atoms with E-state index in [-0.39, 0.29) is 17.8 Å². The number of hydrogen-bond donors (Lipinski definition) is 1. The van der Waals surface area contributed by atoms with Crippen molar-refractivity contribution in [2.24, 2.45) is 0 Å². The maximum Gasteiger partial charge on any atom is 0.246 e. The fraction of sp³-hybridized carbons (Fsp3) is 0.375. The van der Waals surface area contributed by atoms with Gasteiger partial charge in [-0.15, -0.1) is 0 Å². The summed E-state index contributed by atoms with van der Waals surface area (Å²) in [5.74, 6) is 0.186. The molecule has 0 aromatic heterocycles. The largest absolute Gasteiger partial charge is 0.484 e. The van der Waals surface area contributed by atoms with Crippen LogP contribution < -0.4 is 4.74 Å². The lowest BCUT2D eigenvalue weighted by Gasteiger charge is -2.40. The number of ether oxygens (including phenoxy) is 1. The van der Waals surface area contributed by atoms with Crippen LogP contribution in [-0.4, -0.2) is 58.4 Å². The third-order valence-corrected chi connectivity index (χ3v) is 6.88. The summed E-state index contributed by atoms with van der Waals surface area (Å²) in [7, 11) is -2.81. The Kier molecular flexibility index (Phi) is 7.36. The van der Waals surface area contributed by atoms with Crippen molar-refractivity contribution in [3.63, 3.8) is 0 Å². The maximum atomic E-state index is 14.3. The zero-order valence-electron chi connectivity index (χ0n) is 18.7. The average molecular weight is 460 g/mol. The van der Waals surface area contributed by atoms with Gasteiger partial charge >= 0.3 is 0 Å². The van der Waals surface area contributed by atoms with Crippen LogP contribution in [0.1, 0.15) is 24.2 Å². The van der Waals surface area contributed by atoms with Crippen molar-refractivity contribution in [3.8, 4) is 5.75 Å². The van der Waals surface area contributed by atoms with E-state index in [0.29, 0.717) is 48.0 Å². The first-order valence-corrected chi connectivity index (χ1v) is 12.5. The van der Waals surface area contributed by atoms with Crippen LogP contribution in [0.2, 0.25) is 0 Å². The van der Waals surface area contributed by atoms with E-state index in [2.05, 4.69) is 11.5 Å². The highest BCUT2D eigenvalue weighted by molar-refractivity contribution is 7.91. The molecule has 8 heteroatoms. The molecule has 0 spiro atoms. The van der Waals surface area contributed by atoms with Crippen LogP contribution in [0.4, 0.5) is 4.39 Å². The van der Waals surface area contributed by atoms with Gasteiger partial charge < -0.3 is 9.64 Å². The lowest BCUT2D eigenvalue weighted by molar-refractivity contribution is -0.130. The van der Waals surface area contributed by atoms with Gasteiger partial charge in [-0.25, -0.2) is 13.4 Å². The molecule has 1 fully saturated rings. The fourth-order valence-corrected chi connectivity index (χ4v) is 4.50. The van der Waals surface area contributed by atoms with Gasteiger partial charge in [0.15, 0.2) is 0 Å². The van der Waals surface area contributed by atoms with Crippen LogP contribution >= 0.6 is 0 Å². The van der Waals surface area contributed by atoms with Gasteiger partial charge in [0.2, 0.25) is 5.91 Å². The van der Waals surface area contributed by atoms with Crippen molar-refractivity contribution in [2.45, 2.75) is 30.9 Å². The van der Waals surface area contributed by atoms with E-state index < -0.39 is 15.8 Å². The van der Waals surface area contributed by atoms with Crippen LogP contribution in [0.3, 0.4) is 0 Å². The van der Waals surface area contributed by atoms with Crippen molar-refractivity contribution in [1.29, 1.82) is 4.78 Å². The number of hydrogen-bond acceptors (Lipinski definition) is 5. The summed E-state index contributed by atoms with van der Waals surface area (Å²) in [5, 5.41) is 0. The van der Waals surface area contributed by atoms with E-state index in [9.17, 15) is 13.4 Å². The second kappa shape index (κ2) is 9.83. The number of piperazine rings is 1. The van der Waals surface area contributed by atoms with E-state index in [1.807, 2.05) is 13.0 Å². The van der Waals surface area contributed by atoms with Gasteiger partial charge in [0, 0.05) is 43.4 Å². The summed E-state index contributed by atoms with van der Waals surface area (Å²) in [6.07, 6.45) is 2.27. The molecule has 0 unspecified atom stereocenters. The lowest BCUT2D eigenvalue weighted by atomic mass is 10.0. The van der Waals surface area contributed by atoms with Gasteiger partial charge in [-0.2, -0.15) is 0 Å². The molecule has 1 heterocycles. The number of nitrogens with zero attached hydrogens (tertiary/aromatic N) is 2. The molecular formula is C24H30FN3O3S. The highest BCUT2D eigenvalue weighted by atomic mass is 32.2. The van der Waals surface area contributed by atoms with Crippen molar-refractivity contribution in [1.82, 2.24) is 9.80 Å². The molecule has 1 amide bonds. The normalized spacial score (nSPS) is 19.8. The summed E-state index contributed by atoms with van der Waals surface area (Å²) in [6.45, 7) is 9.74. The average Bonchev–Trinajstić information content (AvgIpc) is 2.74. The third kappa shape index (κ3) is 5.75. The molecule has 32 heavy (non-hydrogen) atoms. The first-order valence-electron chi connectivity index (χ1n) is 10.5. The van der Waals surface area contributed by atoms with E-state index in [0.717, 1.165) is 0 Å².